The maximum atomic E-state index is 13.3. The number of fused-ring (bicyclic) bond motifs is 1. The second-order valence-electron chi connectivity index (χ2n) is 3.94. The fraction of sp³-hybridized carbons (Fsp3) is 0.273. The minimum Gasteiger partial charge on any atom is -0.345 e. The molecule has 1 heterocycles. The molecule has 2 aromatic rings. The lowest BCUT2D eigenvalue weighted by molar-refractivity contribution is -0.387. The van der Waals surface area contributed by atoms with Crippen LogP contribution in [0.1, 0.15) is 19.9 Å². The highest BCUT2D eigenvalue weighted by Crippen LogP contribution is 2.27. The zero-order valence-corrected chi connectivity index (χ0v) is 8.98. The van der Waals surface area contributed by atoms with Crippen LogP contribution in [0.2, 0.25) is 0 Å². The molecule has 84 valence electrons. The van der Waals surface area contributed by atoms with Gasteiger partial charge in [-0.2, -0.15) is 4.39 Å². The molecule has 4 nitrogen and oxygen atoms in total. The number of hydrogen-bond acceptors (Lipinski definition) is 2. The second-order valence-corrected chi connectivity index (χ2v) is 3.94. The third kappa shape index (κ3) is 1.54. The number of nitro groups is 1. The summed E-state index contributed by atoms with van der Waals surface area (Å²) in [6.45, 7) is 3.93. The van der Waals surface area contributed by atoms with Crippen molar-refractivity contribution in [3.8, 4) is 0 Å². The summed E-state index contributed by atoms with van der Waals surface area (Å²) in [6.07, 6.45) is 1.80. The molecule has 0 amide bonds. The highest BCUT2D eigenvalue weighted by Gasteiger charge is 2.17. The molecule has 0 aliphatic heterocycles. The largest absolute Gasteiger partial charge is 0.345 e. The predicted molar refractivity (Wildman–Crippen MR) is 58.9 cm³/mol. The van der Waals surface area contributed by atoms with Crippen molar-refractivity contribution in [2.24, 2.45) is 0 Å². The van der Waals surface area contributed by atoms with E-state index in [-0.39, 0.29) is 6.04 Å². The molecule has 0 N–H and O–H groups in total. The number of nitrogens with zero attached hydrogens (tertiary/aromatic N) is 2. The Hall–Kier alpha value is -1.91. The Morgan fingerprint density at radius 2 is 2.12 bits per heavy atom. The van der Waals surface area contributed by atoms with E-state index in [1.165, 1.54) is 12.1 Å². The molecular weight excluding hydrogens is 211 g/mol. The first-order chi connectivity index (χ1) is 7.50. The van der Waals surface area contributed by atoms with Crippen LogP contribution in [0.5, 0.6) is 0 Å². The van der Waals surface area contributed by atoms with Crippen molar-refractivity contribution < 1.29 is 9.31 Å². The van der Waals surface area contributed by atoms with E-state index in [4.69, 9.17) is 0 Å². The van der Waals surface area contributed by atoms with Crippen molar-refractivity contribution in [2.75, 3.05) is 0 Å². The van der Waals surface area contributed by atoms with E-state index in [1.54, 1.807) is 12.3 Å². The van der Waals surface area contributed by atoms with Gasteiger partial charge in [0.25, 0.3) is 0 Å². The first kappa shape index (κ1) is 10.6. The SMILES string of the molecule is CC(C)n1ccc2cc(F)c([N+](=O)[O-])cc21. The highest BCUT2D eigenvalue weighted by atomic mass is 19.1. The fourth-order valence-electron chi connectivity index (χ4n) is 1.75. The molecule has 1 aromatic heterocycles. The lowest BCUT2D eigenvalue weighted by Crippen LogP contribution is -1.99. The van der Waals surface area contributed by atoms with Crippen LogP contribution in [0.15, 0.2) is 24.4 Å². The molecule has 16 heavy (non-hydrogen) atoms. The second kappa shape index (κ2) is 3.59. The fourth-order valence-corrected chi connectivity index (χ4v) is 1.75. The van der Waals surface area contributed by atoms with Gasteiger partial charge in [-0.25, -0.2) is 0 Å². The summed E-state index contributed by atoms with van der Waals surface area (Å²) in [6, 6.07) is 4.42. The third-order valence-electron chi connectivity index (χ3n) is 2.54. The van der Waals surface area contributed by atoms with E-state index in [9.17, 15) is 14.5 Å². The van der Waals surface area contributed by atoms with Gasteiger partial charge >= 0.3 is 5.69 Å². The van der Waals surface area contributed by atoms with E-state index in [0.29, 0.717) is 10.9 Å². The first-order valence-corrected chi connectivity index (χ1v) is 4.95. The highest BCUT2D eigenvalue weighted by molar-refractivity contribution is 5.82. The molecule has 0 saturated carbocycles. The number of nitro benzene ring substituents is 1. The van der Waals surface area contributed by atoms with E-state index >= 15 is 0 Å². The number of aromatic nitrogens is 1. The van der Waals surface area contributed by atoms with Crippen LogP contribution >= 0.6 is 0 Å². The normalized spacial score (nSPS) is 11.2. The number of rotatable bonds is 2. The van der Waals surface area contributed by atoms with Gasteiger partial charge in [0.05, 0.1) is 10.4 Å². The van der Waals surface area contributed by atoms with Gasteiger partial charge in [0.1, 0.15) is 0 Å². The maximum absolute atomic E-state index is 13.3. The molecule has 0 radical (unpaired) electrons. The quantitative estimate of drug-likeness (QED) is 0.578. The van der Waals surface area contributed by atoms with Crippen molar-refractivity contribution in [3.05, 3.63) is 40.3 Å². The zero-order valence-electron chi connectivity index (χ0n) is 8.98. The maximum Gasteiger partial charge on any atom is 0.306 e. The molecule has 1 aromatic carbocycles. The summed E-state index contributed by atoms with van der Waals surface area (Å²) in [5.74, 6) is -0.793. The Kier molecular flexibility index (Phi) is 2.38. The van der Waals surface area contributed by atoms with Crippen LogP contribution in [0, 0.1) is 15.9 Å². The van der Waals surface area contributed by atoms with E-state index in [0.717, 1.165) is 0 Å². The lowest BCUT2D eigenvalue weighted by atomic mass is 10.2. The molecule has 2 rings (SSSR count). The Balaban J connectivity index is 2.74. The van der Waals surface area contributed by atoms with Crippen molar-refractivity contribution in [1.82, 2.24) is 4.57 Å². The molecule has 0 bridgehead atoms. The first-order valence-electron chi connectivity index (χ1n) is 4.95. The van der Waals surface area contributed by atoms with Gasteiger partial charge in [-0.15, -0.1) is 0 Å². The summed E-state index contributed by atoms with van der Waals surface area (Å²) in [4.78, 5) is 9.92. The van der Waals surface area contributed by atoms with Crippen molar-refractivity contribution in [1.29, 1.82) is 0 Å². The van der Waals surface area contributed by atoms with Gasteiger partial charge in [-0.1, -0.05) is 0 Å². The van der Waals surface area contributed by atoms with Crippen molar-refractivity contribution >= 4 is 16.6 Å². The number of halogens is 1. The zero-order chi connectivity index (χ0) is 11.9. The minimum atomic E-state index is -0.793. The third-order valence-corrected chi connectivity index (χ3v) is 2.54. The summed E-state index contributed by atoms with van der Waals surface area (Å²) in [7, 11) is 0. The molecule has 0 fully saturated rings. The topological polar surface area (TPSA) is 48.1 Å². The summed E-state index contributed by atoms with van der Waals surface area (Å²) >= 11 is 0. The lowest BCUT2D eigenvalue weighted by Gasteiger charge is -2.08. The van der Waals surface area contributed by atoms with Crippen LogP contribution in [0.3, 0.4) is 0 Å². The molecule has 0 unspecified atom stereocenters. The van der Waals surface area contributed by atoms with Crippen molar-refractivity contribution in [2.45, 2.75) is 19.9 Å². The van der Waals surface area contributed by atoms with Crippen LogP contribution < -0.4 is 0 Å². The number of benzene rings is 1. The summed E-state index contributed by atoms with van der Waals surface area (Å²) in [5.41, 5.74) is 0.205. The monoisotopic (exact) mass is 222 g/mol. The molecule has 5 heteroatoms. The Morgan fingerprint density at radius 3 is 2.69 bits per heavy atom. The van der Waals surface area contributed by atoms with E-state index in [2.05, 4.69) is 0 Å². The Morgan fingerprint density at radius 1 is 1.44 bits per heavy atom. The molecule has 0 aliphatic rings. The van der Waals surface area contributed by atoms with Gasteiger partial charge in [0.2, 0.25) is 5.82 Å². The Bertz CT molecular complexity index is 560. The van der Waals surface area contributed by atoms with Gasteiger partial charge < -0.3 is 4.57 Å². The van der Waals surface area contributed by atoms with E-state index in [1.807, 2.05) is 18.4 Å². The van der Waals surface area contributed by atoms with Gasteiger partial charge in [0, 0.05) is 23.7 Å². The van der Waals surface area contributed by atoms with Crippen LogP contribution in [-0.2, 0) is 0 Å². The van der Waals surface area contributed by atoms with Crippen LogP contribution in [-0.4, -0.2) is 9.49 Å². The minimum absolute atomic E-state index is 0.183. The van der Waals surface area contributed by atoms with Crippen molar-refractivity contribution in [3.63, 3.8) is 0 Å². The smallest absolute Gasteiger partial charge is 0.306 e. The molecule has 0 aliphatic carbocycles. The summed E-state index contributed by atoms with van der Waals surface area (Å²) < 4.78 is 15.2. The predicted octanol–water partition coefficient (Wildman–Crippen LogP) is 3.27. The molecule has 0 spiro atoms. The number of hydrogen-bond donors (Lipinski definition) is 0. The van der Waals surface area contributed by atoms with Gasteiger partial charge in [0.15, 0.2) is 0 Å². The summed E-state index contributed by atoms with van der Waals surface area (Å²) in [5, 5.41) is 11.3. The molecule has 0 atom stereocenters. The molecular formula is C11H11FN2O2. The van der Waals surface area contributed by atoms with Gasteiger partial charge in [-0.05, 0) is 26.0 Å². The molecule has 0 saturated heterocycles. The Labute approximate surface area is 91.4 Å². The van der Waals surface area contributed by atoms with Crippen LogP contribution in [0.25, 0.3) is 10.9 Å². The van der Waals surface area contributed by atoms with Crippen LogP contribution in [0.4, 0.5) is 10.1 Å². The average Bonchev–Trinajstić information content (AvgIpc) is 2.58. The average molecular weight is 222 g/mol. The van der Waals surface area contributed by atoms with Gasteiger partial charge in [-0.3, -0.25) is 10.1 Å². The standard InChI is InChI=1S/C11H11FN2O2/c1-7(2)13-4-3-8-5-9(12)11(14(15)16)6-10(8)13/h3-7H,1-2H3. The van der Waals surface area contributed by atoms with E-state index < -0.39 is 16.4 Å².